The maximum absolute atomic E-state index is 13.4. The van der Waals surface area contributed by atoms with Gasteiger partial charge in [-0.15, -0.1) is 11.3 Å². The Labute approximate surface area is 210 Å². The molecule has 3 N–H and O–H groups in total. The van der Waals surface area contributed by atoms with E-state index < -0.39 is 0 Å². The van der Waals surface area contributed by atoms with Crippen LogP contribution in [-0.2, 0) is 4.79 Å². The number of hydrogen-bond donors (Lipinski definition) is 3. The van der Waals surface area contributed by atoms with Crippen molar-refractivity contribution in [1.82, 2.24) is 15.6 Å². The van der Waals surface area contributed by atoms with Gasteiger partial charge in [0.25, 0.3) is 5.91 Å². The van der Waals surface area contributed by atoms with Gasteiger partial charge in [0, 0.05) is 19.2 Å². The topological polar surface area (TPSA) is 113 Å². The van der Waals surface area contributed by atoms with Crippen molar-refractivity contribution in [1.29, 1.82) is 0 Å². The number of thiophene rings is 1. The molecule has 6 rings (SSSR count). The first kappa shape index (κ1) is 22.1. The van der Waals surface area contributed by atoms with Crippen LogP contribution in [0, 0.1) is 6.92 Å². The van der Waals surface area contributed by atoms with Gasteiger partial charge in [-0.3, -0.25) is 14.5 Å². The van der Waals surface area contributed by atoms with Crippen molar-refractivity contribution in [2.75, 3.05) is 16.8 Å². The molecule has 2 aliphatic heterocycles. The van der Waals surface area contributed by atoms with E-state index in [1.54, 1.807) is 17.2 Å². The summed E-state index contributed by atoms with van der Waals surface area (Å²) in [6, 6.07) is 16.1. The highest BCUT2D eigenvalue weighted by atomic mass is 32.1. The van der Waals surface area contributed by atoms with Crippen molar-refractivity contribution in [2.24, 2.45) is 0 Å². The molecular formula is C26H21N5O4S. The monoisotopic (exact) mass is 499 g/mol. The lowest BCUT2D eigenvalue weighted by atomic mass is 10.1. The zero-order valence-electron chi connectivity index (χ0n) is 19.2. The number of anilines is 3. The largest absolute Gasteiger partial charge is 0.457 e. The van der Waals surface area contributed by atoms with Gasteiger partial charge in [-0.1, -0.05) is 18.2 Å². The number of pyridine rings is 1. The summed E-state index contributed by atoms with van der Waals surface area (Å²) in [6.45, 7) is 2.30. The van der Waals surface area contributed by atoms with Crippen LogP contribution in [0.5, 0.6) is 11.5 Å². The van der Waals surface area contributed by atoms with Crippen molar-refractivity contribution >= 4 is 56.5 Å². The van der Waals surface area contributed by atoms with Crippen molar-refractivity contribution in [3.63, 3.8) is 0 Å². The predicted molar refractivity (Wildman–Crippen MR) is 137 cm³/mol. The molecule has 9 nitrogen and oxygen atoms in total. The lowest BCUT2D eigenvalue weighted by Gasteiger charge is -2.29. The van der Waals surface area contributed by atoms with Crippen LogP contribution in [0.25, 0.3) is 10.2 Å². The number of benzene rings is 2. The standard InChI is InChI=1S/C26H21N5O4S/c1-14-11-17(35-16-5-3-2-4-6-16)7-8-18(14)31-19-9-10-27-25-21(19)22(30-26(31)34)23(36-25)24(33)29-15-12-20(32)28-13-15/h2-11,15H,12-13H2,1H3,(H,28,32)(H,29,33)(H,30,34)/t15-/m1/s1. The zero-order chi connectivity index (χ0) is 24.8. The molecular weight excluding hydrogens is 478 g/mol. The van der Waals surface area contributed by atoms with Gasteiger partial charge in [0.15, 0.2) is 0 Å². The van der Waals surface area contributed by atoms with E-state index in [9.17, 15) is 14.4 Å². The number of carbonyl (C=O) groups excluding carboxylic acids is 3. The van der Waals surface area contributed by atoms with E-state index in [2.05, 4.69) is 20.9 Å². The number of para-hydroxylation sites is 1. The lowest BCUT2D eigenvalue weighted by molar-refractivity contribution is -0.119. The summed E-state index contributed by atoms with van der Waals surface area (Å²) in [6.07, 6.45) is 1.87. The van der Waals surface area contributed by atoms with Crippen molar-refractivity contribution in [2.45, 2.75) is 19.4 Å². The minimum atomic E-state index is -0.375. The third kappa shape index (κ3) is 3.81. The Balaban J connectivity index is 1.35. The Morgan fingerprint density at radius 1 is 1.11 bits per heavy atom. The number of nitrogens with one attached hydrogen (secondary N) is 3. The van der Waals surface area contributed by atoms with Crippen LogP contribution in [-0.4, -0.2) is 35.4 Å². The first-order valence-corrected chi connectivity index (χ1v) is 12.2. The van der Waals surface area contributed by atoms with E-state index >= 15 is 0 Å². The highest BCUT2D eigenvalue weighted by Gasteiger charge is 2.34. The molecule has 0 spiro atoms. The summed E-state index contributed by atoms with van der Waals surface area (Å²) in [5.74, 6) is 0.951. The van der Waals surface area contributed by atoms with Crippen LogP contribution in [0.2, 0.25) is 0 Å². The van der Waals surface area contributed by atoms with Gasteiger partial charge in [-0.2, -0.15) is 0 Å². The number of hydrogen-bond acceptors (Lipinski definition) is 6. The number of aryl methyl sites for hydroxylation is 1. The molecule has 1 fully saturated rings. The van der Waals surface area contributed by atoms with Crippen LogP contribution in [0.15, 0.2) is 60.8 Å². The predicted octanol–water partition coefficient (Wildman–Crippen LogP) is 4.70. The fraction of sp³-hybridized carbons (Fsp3) is 0.154. The highest BCUT2D eigenvalue weighted by molar-refractivity contribution is 7.21. The van der Waals surface area contributed by atoms with Crippen molar-refractivity contribution < 1.29 is 19.1 Å². The first-order valence-electron chi connectivity index (χ1n) is 11.4. The molecule has 36 heavy (non-hydrogen) atoms. The number of urea groups is 1. The third-order valence-corrected chi connectivity index (χ3v) is 7.25. The van der Waals surface area contributed by atoms with Gasteiger partial charge >= 0.3 is 6.03 Å². The number of carbonyl (C=O) groups is 3. The van der Waals surface area contributed by atoms with Gasteiger partial charge < -0.3 is 20.7 Å². The molecule has 2 aromatic carbocycles. The average Bonchev–Trinajstić information content (AvgIpc) is 3.44. The van der Waals surface area contributed by atoms with E-state index in [0.717, 1.165) is 11.3 Å². The lowest BCUT2D eigenvalue weighted by Crippen LogP contribution is -2.37. The molecule has 2 aromatic heterocycles. The fourth-order valence-electron chi connectivity index (χ4n) is 4.51. The number of rotatable bonds is 5. The summed E-state index contributed by atoms with van der Waals surface area (Å²) < 4.78 is 5.94. The molecule has 4 heterocycles. The van der Waals surface area contributed by atoms with Crippen LogP contribution in [0.1, 0.15) is 21.7 Å². The Hall–Kier alpha value is -4.44. The SMILES string of the molecule is Cc1cc(Oc2ccccc2)ccc1N1C(=O)Nc2c(C(=O)N[C@H]3CNC(=O)C3)sc3nccc1c23. The minimum Gasteiger partial charge on any atom is -0.457 e. The molecule has 2 aliphatic rings. The molecule has 0 unspecified atom stereocenters. The number of amides is 4. The van der Waals surface area contributed by atoms with E-state index in [4.69, 9.17) is 4.74 Å². The maximum atomic E-state index is 13.4. The molecule has 0 aliphatic carbocycles. The van der Waals surface area contributed by atoms with E-state index in [1.807, 2.05) is 55.5 Å². The molecule has 1 atom stereocenters. The Kier molecular flexibility index (Phi) is 5.30. The quantitative estimate of drug-likeness (QED) is 0.369. The molecule has 4 aromatic rings. The van der Waals surface area contributed by atoms with Gasteiger partial charge in [-0.25, -0.2) is 9.78 Å². The molecule has 180 valence electrons. The first-order chi connectivity index (χ1) is 17.5. The number of nitrogens with zero attached hydrogens (tertiary/aromatic N) is 2. The van der Waals surface area contributed by atoms with Crippen LogP contribution >= 0.6 is 11.3 Å². The van der Waals surface area contributed by atoms with E-state index in [1.165, 1.54) is 11.3 Å². The normalized spacial score (nSPS) is 16.6. The van der Waals surface area contributed by atoms with Crippen molar-refractivity contribution in [3.05, 3.63) is 71.2 Å². The summed E-state index contributed by atoms with van der Waals surface area (Å²) in [5.41, 5.74) is 2.62. The molecule has 0 bridgehead atoms. The Morgan fingerprint density at radius 2 is 1.94 bits per heavy atom. The Bertz CT molecular complexity index is 1530. The zero-order valence-corrected chi connectivity index (χ0v) is 20.0. The van der Waals surface area contributed by atoms with Gasteiger partial charge in [-0.05, 0) is 48.9 Å². The Morgan fingerprint density at radius 3 is 2.69 bits per heavy atom. The molecule has 10 heteroatoms. The van der Waals surface area contributed by atoms with E-state index in [0.29, 0.717) is 44.5 Å². The smallest absolute Gasteiger partial charge is 0.331 e. The number of ether oxygens (including phenoxy) is 1. The summed E-state index contributed by atoms with van der Waals surface area (Å²) in [4.78, 5) is 44.9. The molecule has 4 amide bonds. The molecule has 1 saturated heterocycles. The summed E-state index contributed by atoms with van der Waals surface area (Å²) >= 11 is 1.21. The van der Waals surface area contributed by atoms with Crippen LogP contribution in [0.4, 0.5) is 21.9 Å². The summed E-state index contributed by atoms with van der Waals surface area (Å²) in [7, 11) is 0. The van der Waals surface area contributed by atoms with Crippen LogP contribution < -0.4 is 25.6 Å². The molecule has 0 radical (unpaired) electrons. The van der Waals surface area contributed by atoms with Gasteiger partial charge in [0.1, 0.15) is 21.2 Å². The molecule has 0 saturated carbocycles. The van der Waals surface area contributed by atoms with Crippen LogP contribution in [0.3, 0.4) is 0 Å². The summed E-state index contributed by atoms with van der Waals surface area (Å²) in [5, 5.41) is 9.19. The number of aromatic nitrogens is 1. The second-order valence-corrected chi connectivity index (χ2v) is 9.62. The second-order valence-electron chi connectivity index (χ2n) is 8.62. The minimum absolute atomic E-state index is 0.0959. The van der Waals surface area contributed by atoms with Gasteiger partial charge in [0.2, 0.25) is 5.91 Å². The highest BCUT2D eigenvalue weighted by Crippen LogP contribution is 2.46. The fourth-order valence-corrected chi connectivity index (χ4v) is 5.53. The van der Waals surface area contributed by atoms with Crippen molar-refractivity contribution in [3.8, 4) is 11.5 Å². The second kappa shape index (κ2) is 8.65. The maximum Gasteiger partial charge on any atom is 0.331 e. The van der Waals surface area contributed by atoms with Gasteiger partial charge in [0.05, 0.1) is 28.5 Å². The van der Waals surface area contributed by atoms with E-state index in [-0.39, 0.29) is 30.3 Å². The third-order valence-electron chi connectivity index (χ3n) is 6.15. The average molecular weight is 500 g/mol.